The normalized spacial score (nSPS) is 12.4. The molecule has 0 saturated heterocycles. The molecule has 1 aromatic rings. The van der Waals surface area contributed by atoms with Gasteiger partial charge in [0.1, 0.15) is 11.6 Å². The molecular weight excluding hydrogens is 321 g/mol. The summed E-state index contributed by atoms with van der Waals surface area (Å²) in [6.45, 7) is -0.727. The Morgan fingerprint density at radius 2 is 1.81 bits per heavy atom. The second-order valence-corrected chi connectivity index (χ2v) is 6.01. The molecule has 4 nitrogen and oxygen atoms in total. The maximum atomic E-state index is 13.1. The van der Waals surface area contributed by atoms with Crippen LogP contribution >= 0.6 is 0 Å². The highest BCUT2D eigenvalue weighted by Crippen LogP contribution is 2.37. The third-order valence-electron chi connectivity index (χ3n) is 2.45. The molecule has 0 aromatic heterocycles. The van der Waals surface area contributed by atoms with Crippen LogP contribution in [0.3, 0.4) is 0 Å². The maximum Gasteiger partial charge on any atom is 0.419 e. The molecule has 0 radical (unpaired) electrons. The summed E-state index contributed by atoms with van der Waals surface area (Å²) < 4.78 is 87.3. The average Bonchev–Trinajstić information content (AvgIpc) is 2.31. The van der Waals surface area contributed by atoms with Crippen LogP contribution in [0, 0.1) is 5.82 Å². The van der Waals surface area contributed by atoms with Gasteiger partial charge in [-0.25, -0.2) is 12.8 Å². The average molecular weight is 333 g/mol. The minimum absolute atomic E-state index is 0.0237. The van der Waals surface area contributed by atoms with Crippen molar-refractivity contribution in [2.45, 2.75) is 19.0 Å². The van der Waals surface area contributed by atoms with Gasteiger partial charge in [-0.1, -0.05) is 0 Å². The van der Waals surface area contributed by atoms with Gasteiger partial charge in [0.25, 0.3) is 0 Å². The Balaban J connectivity index is 3.03. The van der Waals surface area contributed by atoms with E-state index in [1.54, 1.807) is 4.72 Å². The zero-order chi connectivity index (χ0) is 16.3. The highest BCUT2D eigenvalue weighted by Gasteiger charge is 2.35. The Kier molecular flexibility index (Phi) is 5.37. The molecule has 0 atom stereocenters. The molecule has 0 spiro atoms. The molecule has 1 aromatic carbocycles. The second-order valence-electron chi connectivity index (χ2n) is 4.16. The van der Waals surface area contributed by atoms with Crippen molar-refractivity contribution in [3.05, 3.63) is 23.5 Å². The fourth-order valence-corrected chi connectivity index (χ4v) is 2.65. The number of nitrogens with one attached hydrogen (secondary N) is 1. The van der Waals surface area contributed by atoms with E-state index in [2.05, 4.69) is 0 Å². The van der Waals surface area contributed by atoms with E-state index in [4.69, 9.17) is 0 Å². The summed E-state index contributed by atoms with van der Waals surface area (Å²) in [5, 5.41) is 9.32. The molecule has 10 heteroatoms. The Labute approximate surface area is 117 Å². The largest absolute Gasteiger partial charge is 0.506 e. The van der Waals surface area contributed by atoms with Crippen LogP contribution in [0.1, 0.15) is 18.4 Å². The number of phenolic OH excluding ortho intramolecular Hbond substituents is 1. The number of phenols is 1. The van der Waals surface area contributed by atoms with Crippen molar-refractivity contribution in [3.63, 3.8) is 0 Å². The van der Waals surface area contributed by atoms with E-state index in [0.29, 0.717) is 0 Å². The van der Waals surface area contributed by atoms with Gasteiger partial charge >= 0.3 is 6.18 Å². The molecule has 0 saturated carbocycles. The first kappa shape index (κ1) is 17.5. The van der Waals surface area contributed by atoms with Crippen LogP contribution in [0.5, 0.6) is 5.75 Å². The number of halogens is 5. The van der Waals surface area contributed by atoms with Crippen LogP contribution in [0.4, 0.5) is 27.6 Å². The smallest absolute Gasteiger partial charge is 0.419 e. The minimum atomic E-state index is -5.04. The van der Waals surface area contributed by atoms with Gasteiger partial charge in [0, 0.05) is 6.07 Å². The molecule has 120 valence electrons. The van der Waals surface area contributed by atoms with Crippen molar-refractivity contribution in [3.8, 4) is 5.75 Å². The number of aromatic hydroxyl groups is 1. The highest BCUT2D eigenvalue weighted by atomic mass is 32.2. The van der Waals surface area contributed by atoms with Gasteiger partial charge in [-0.15, -0.1) is 0 Å². The van der Waals surface area contributed by atoms with E-state index >= 15 is 0 Å². The monoisotopic (exact) mass is 333 g/mol. The van der Waals surface area contributed by atoms with Gasteiger partial charge in [-0.05, 0) is 18.9 Å². The summed E-state index contributed by atoms with van der Waals surface area (Å²) in [4.78, 5) is 0. The molecule has 1 rings (SSSR count). The number of sulfonamides is 1. The maximum absolute atomic E-state index is 13.1. The van der Waals surface area contributed by atoms with Gasteiger partial charge < -0.3 is 5.11 Å². The molecule has 0 heterocycles. The van der Waals surface area contributed by atoms with Crippen LogP contribution in [-0.2, 0) is 16.2 Å². The summed E-state index contributed by atoms with van der Waals surface area (Å²) >= 11 is 0. The number of anilines is 1. The molecule has 0 bridgehead atoms. The third-order valence-corrected chi connectivity index (χ3v) is 3.81. The Morgan fingerprint density at radius 1 is 1.19 bits per heavy atom. The first-order chi connectivity index (χ1) is 9.57. The van der Waals surface area contributed by atoms with Crippen molar-refractivity contribution >= 4 is 15.7 Å². The standard InChI is InChI=1S/C11H12F5NO3S/c12-3-1-2-4-21(19,20)17-9-5-7(11(14,15)16)8(13)6-10(9)18/h5-6,17-18H,1-4H2. The van der Waals surface area contributed by atoms with E-state index in [0.717, 1.165) is 0 Å². The van der Waals surface area contributed by atoms with Gasteiger partial charge in [-0.3, -0.25) is 9.11 Å². The van der Waals surface area contributed by atoms with E-state index in [9.17, 15) is 35.5 Å². The zero-order valence-corrected chi connectivity index (χ0v) is 11.4. The first-order valence-corrected chi connectivity index (χ1v) is 7.38. The number of benzene rings is 1. The summed E-state index contributed by atoms with van der Waals surface area (Å²) in [5.74, 6) is -3.23. The fraction of sp³-hybridized carbons (Fsp3) is 0.455. The van der Waals surface area contributed by atoms with Crippen molar-refractivity contribution in [2.75, 3.05) is 17.1 Å². The molecule has 0 aliphatic rings. The van der Waals surface area contributed by atoms with Crippen LogP contribution in [0.2, 0.25) is 0 Å². The van der Waals surface area contributed by atoms with E-state index in [-0.39, 0.29) is 25.0 Å². The lowest BCUT2D eigenvalue weighted by Crippen LogP contribution is -2.18. The zero-order valence-electron chi connectivity index (χ0n) is 10.5. The Bertz CT molecular complexity index is 601. The summed E-state index contributed by atoms with van der Waals surface area (Å²) in [5.41, 5.74) is -2.49. The van der Waals surface area contributed by atoms with Gasteiger partial charge in [0.15, 0.2) is 0 Å². The fourth-order valence-electron chi connectivity index (χ4n) is 1.47. The predicted octanol–water partition coefficient (Wildman–Crippen LogP) is 3.04. The van der Waals surface area contributed by atoms with Crippen LogP contribution < -0.4 is 4.72 Å². The van der Waals surface area contributed by atoms with Gasteiger partial charge in [0.05, 0.1) is 23.7 Å². The lowest BCUT2D eigenvalue weighted by atomic mass is 10.1. The van der Waals surface area contributed by atoms with Crippen LogP contribution in [0.25, 0.3) is 0 Å². The second kappa shape index (κ2) is 6.46. The van der Waals surface area contributed by atoms with Gasteiger partial charge in [-0.2, -0.15) is 13.2 Å². The lowest BCUT2D eigenvalue weighted by molar-refractivity contribution is -0.139. The summed E-state index contributed by atoms with van der Waals surface area (Å²) in [7, 11) is -4.07. The predicted molar refractivity (Wildman–Crippen MR) is 65.7 cm³/mol. The molecule has 0 amide bonds. The molecule has 0 aliphatic carbocycles. The molecule has 0 aliphatic heterocycles. The highest BCUT2D eigenvalue weighted by molar-refractivity contribution is 7.92. The Morgan fingerprint density at radius 3 is 2.33 bits per heavy atom. The van der Waals surface area contributed by atoms with Crippen molar-refractivity contribution in [2.24, 2.45) is 0 Å². The third kappa shape index (κ3) is 5.03. The molecule has 0 unspecified atom stereocenters. The number of hydrogen-bond donors (Lipinski definition) is 2. The quantitative estimate of drug-likeness (QED) is 0.478. The SMILES string of the molecule is O=S(=O)(CCCCF)Nc1cc(C(F)(F)F)c(F)cc1O. The van der Waals surface area contributed by atoms with E-state index in [1.165, 1.54) is 0 Å². The topological polar surface area (TPSA) is 66.4 Å². The van der Waals surface area contributed by atoms with E-state index < -0.39 is 51.4 Å². The van der Waals surface area contributed by atoms with Crippen molar-refractivity contribution in [1.82, 2.24) is 0 Å². The molecular formula is C11H12F5NO3S. The number of rotatable bonds is 6. The molecule has 0 fully saturated rings. The number of unbranched alkanes of at least 4 members (excludes halogenated alkanes) is 1. The lowest BCUT2D eigenvalue weighted by Gasteiger charge is -2.13. The number of hydrogen-bond acceptors (Lipinski definition) is 3. The molecule has 21 heavy (non-hydrogen) atoms. The Hall–Kier alpha value is -1.58. The van der Waals surface area contributed by atoms with Crippen molar-refractivity contribution in [1.29, 1.82) is 0 Å². The van der Waals surface area contributed by atoms with Gasteiger partial charge in [0.2, 0.25) is 10.0 Å². The number of alkyl halides is 4. The van der Waals surface area contributed by atoms with Crippen LogP contribution in [-0.4, -0.2) is 26.0 Å². The summed E-state index contributed by atoms with van der Waals surface area (Å²) in [6, 6.07) is 0.333. The van der Waals surface area contributed by atoms with Crippen molar-refractivity contribution < 1.29 is 35.5 Å². The van der Waals surface area contributed by atoms with E-state index in [1.807, 2.05) is 0 Å². The minimum Gasteiger partial charge on any atom is -0.506 e. The first-order valence-electron chi connectivity index (χ1n) is 5.73. The summed E-state index contributed by atoms with van der Waals surface area (Å²) in [6.07, 6.45) is -5.10. The molecule has 2 N–H and O–H groups in total. The van der Waals surface area contributed by atoms with Crippen LogP contribution in [0.15, 0.2) is 12.1 Å².